The second-order valence-corrected chi connectivity index (χ2v) is 7.94. The number of hydrogen-bond donors (Lipinski definition) is 2. The molecule has 1 aliphatic rings. The number of anilines is 1. The fourth-order valence-electron chi connectivity index (χ4n) is 4.18. The molecule has 2 amide bonds. The summed E-state index contributed by atoms with van der Waals surface area (Å²) in [5.74, 6) is -0.124. The van der Waals surface area contributed by atoms with Crippen LogP contribution < -0.4 is 10.2 Å². The van der Waals surface area contributed by atoms with Gasteiger partial charge in [-0.3, -0.25) is 9.59 Å². The number of carbonyl (C=O) groups is 2. The number of aryl methyl sites for hydroxylation is 1. The third kappa shape index (κ3) is 3.59. The number of nitrogens with one attached hydrogen (secondary N) is 2. The Bertz CT molecular complexity index is 1270. The van der Waals surface area contributed by atoms with Gasteiger partial charge in [-0.25, -0.2) is 0 Å². The van der Waals surface area contributed by atoms with Gasteiger partial charge in [0, 0.05) is 35.2 Å². The Morgan fingerprint density at radius 1 is 1.00 bits per heavy atom. The second kappa shape index (κ2) is 7.76. The van der Waals surface area contributed by atoms with Crippen molar-refractivity contribution < 1.29 is 9.59 Å². The minimum atomic E-state index is -0.149. The van der Waals surface area contributed by atoms with Gasteiger partial charge in [-0.15, -0.1) is 0 Å². The Hall–Kier alpha value is -3.86. The van der Waals surface area contributed by atoms with E-state index < -0.39 is 0 Å². The number of nitrogens with zero attached hydrogens (tertiary/aromatic N) is 1. The van der Waals surface area contributed by atoms with Gasteiger partial charge in [-0.2, -0.15) is 0 Å². The molecule has 5 nitrogen and oxygen atoms in total. The molecule has 1 aromatic heterocycles. The number of aromatic amines is 1. The van der Waals surface area contributed by atoms with Crippen LogP contribution in [0.3, 0.4) is 0 Å². The van der Waals surface area contributed by atoms with Crippen molar-refractivity contribution in [3.8, 4) is 0 Å². The first-order valence-electron chi connectivity index (χ1n) is 10.5. The van der Waals surface area contributed by atoms with Crippen molar-refractivity contribution in [1.29, 1.82) is 0 Å². The summed E-state index contributed by atoms with van der Waals surface area (Å²) in [6.45, 7) is 3.03. The zero-order chi connectivity index (χ0) is 21.4. The number of fused-ring (bicyclic) bond motifs is 2. The summed E-state index contributed by atoms with van der Waals surface area (Å²) >= 11 is 0. The highest BCUT2D eigenvalue weighted by atomic mass is 16.2. The summed E-state index contributed by atoms with van der Waals surface area (Å²) in [4.78, 5) is 30.7. The largest absolute Gasteiger partial charge is 0.351 e. The van der Waals surface area contributed by atoms with Crippen molar-refractivity contribution in [3.63, 3.8) is 0 Å². The molecule has 0 saturated carbocycles. The van der Waals surface area contributed by atoms with E-state index in [2.05, 4.69) is 16.4 Å². The van der Waals surface area contributed by atoms with Gasteiger partial charge in [0.2, 0.25) is 0 Å². The van der Waals surface area contributed by atoms with Crippen LogP contribution in [-0.2, 0) is 13.0 Å². The van der Waals surface area contributed by atoms with E-state index in [1.807, 2.05) is 78.6 Å². The number of carbonyl (C=O) groups excluding carboxylic acids is 2. The molecule has 0 atom stereocenters. The monoisotopic (exact) mass is 409 g/mol. The zero-order valence-electron chi connectivity index (χ0n) is 17.3. The SMILES string of the molecule is Cc1ccccc1C(=O)N1CCc2ccc(CNC(=O)c3cc4ccccc4[nH]3)cc21. The summed E-state index contributed by atoms with van der Waals surface area (Å²) in [5, 5.41) is 3.99. The lowest BCUT2D eigenvalue weighted by molar-refractivity contribution is 0.0945. The zero-order valence-corrected chi connectivity index (χ0v) is 17.3. The molecule has 0 bridgehead atoms. The molecule has 0 saturated heterocycles. The van der Waals surface area contributed by atoms with Gasteiger partial charge in [-0.05, 0) is 54.3 Å². The van der Waals surface area contributed by atoms with Crippen LogP contribution >= 0.6 is 0 Å². The molecule has 0 spiro atoms. The average Bonchev–Trinajstić information content (AvgIpc) is 3.41. The van der Waals surface area contributed by atoms with E-state index in [0.717, 1.165) is 45.3 Å². The Balaban J connectivity index is 1.33. The number of amides is 2. The first-order valence-corrected chi connectivity index (χ1v) is 10.5. The third-order valence-electron chi connectivity index (χ3n) is 5.89. The summed E-state index contributed by atoms with van der Waals surface area (Å²) in [5.41, 5.74) is 6.25. The lowest BCUT2D eigenvalue weighted by atomic mass is 10.1. The van der Waals surface area contributed by atoms with Gasteiger partial charge in [-0.1, -0.05) is 48.5 Å². The Morgan fingerprint density at radius 2 is 1.81 bits per heavy atom. The van der Waals surface area contributed by atoms with Crippen molar-refractivity contribution in [1.82, 2.24) is 10.3 Å². The van der Waals surface area contributed by atoms with E-state index in [1.165, 1.54) is 0 Å². The minimum Gasteiger partial charge on any atom is -0.351 e. The topological polar surface area (TPSA) is 65.2 Å². The highest BCUT2D eigenvalue weighted by molar-refractivity contribution is 6.08. The summed E-state index contributed by atoms with van der Waals surface area (Å²) in [7, 11) is 0. The Kier molecular flexibility index (Phi) is 4.79. The second-order valence-electron chi connectivity index (χ2n) is 7.94. The van der Waals surface area contributed by atoms with Crippen LogP contribution in [0.2, 0.25) is 0 Å². The normalized spacial score (nSPS) is 12.7. The number of rotatable bonds is 4. The summed E-state index contributed by atoms with van der Waals surface area (Å²) < 4.78 is 0. The van der Waals surface area contributed by atoms with Crippen LogP contribution in [0, 0.1) is 6.92 Å². The standard InChI is InChI=1S/C26H23N3O2/c1-17-6-2-4-8-21(17)26(31)29-13-12-19-11-10-18(14-24(19)29)16-27-25(30)23-15-20-7-3-5-9-22(20)28-23/h2-11,14-15,28H,12-13,16H2,1H3,(H,27,30). The van der Waals surface area contributed by atoms with E-state index in [1.54, 1.807) is 0 Å². The molecule has 3 aromatic carbocycles. The average molecular weight is 409 g/mol. The quantitative estimate of drug-likeness (QED) is 0.517. The Labute approximate surface area is 180 Å². The van der Waals surface area contributed by atoms with Gasteiger partial charge in [0.1, 0.15) is 5.69 Å². The molecular weight excluding hydrogens is 386 g/mol. The van der Waals surface area contributed by atoms with Gasteiger partial charge >= 0.3 is 0 Å². The van der Waals surface area contributed by atoms with E-state index >= 15 is 0 Å². The lowest BCUT2D eigenvalue weighted by Gasteiger charge is -2.19. The molecule has 154 valence electrons. The smallest absolute Gasteiger partial charge is 0.267 e. The number of benzene rings is 3. The molecule has 0 radical (unpaired) electrons. The fourth-order valence-corrected chi connectivity index (χ4v) is 4.18. The van der Waals surface area contributed by atoms with Crippen LogP contribution in [0.25, 0.3) is 10.9 Å². The summed E-state index contributed by atoms with van der Waals surface area (Å²) in [6, 6.07) is 23.4. The van der Waals surface area contributed by atoms with Crippen molar-refractivity contribution in [2.45, 2.75) is 19.9 Å². The molecule has 0 aliphatic carbocycles. The van der Waals surface area contributed by atoms with Crippen molar-refractivity contribution in [2.24, 2.45) is 0 Å². The maximum atomic E-state index is 13.1. The van der Waals surface area contributed by atoms with Crippen molar-refractivity contribution in [2.75, 3.05) is 11.4 Å². The van der Waals surface area contributed by atoms with E-state index in [-0.39, 0.29) is 11.8 Å². The highest BCUT2D eigenvalue weighted by Crippen LogP contribution is 2.31. The molecule has 31 heavy (non-hydrogen) atoms. The van der Waals surface area contributed by atoms with E-state index in [9.17, 15) is 9.59 Å². The molecule has 2 heterocycles. The van der Waals surface area contributed by atoms with Gasteiger partial charge in [0.05, 0.1) is 0 Å². The molecule has 5 rings (SSSR count). The predicted molar refractivity (Wildman–Crippen MR) is 122 cm³/mol. The lowest BCUT2D eigenvalue weighted by Crippen LogP contribution is -2.29. The number of H-pyrrole nitrogens is 1. The van der Waals surface area contributed by atoms with Crippen LogP contribution in [0.4, 0.5) is 5.69 Å². The first kappa shape index (κ1) is 19.1. The molecule has 0 fully saturated rings. The third-order valence-corrected chi connectivity index (χ3v) is 5.89. The summed E-state index contributed by atoms with van der Waals surface area (Å²) in [6.07, 6.45) is 0.842. The maximum Gasteiger partial charge on any atom is 0.267 e. The van der Waals surface area contributed by atoms with Crippen molar-refractivity contribution >= 4 is 28.4 Å². The molecule has 4 aromatic rings. The van der Waals surface area contributed by atoms with Gasteiger partial charge < -0.3 is 15.2 Å². The predicted octanol–water partition coefficient (Wildman–Crippen LogP) is 4.61. The molecule has 0 unspecified atom stereocenters. The Morgan fingerprint density at radius 3 is 2.65 bits per heavy atom. The maximum absolute atomic E-state index is 13.1. The number of hydrogen-bond acceptors (Lipinski definition) is 2. The van der Waals surface area contributed by atoms with Crippen LogP contribution in [-0.4, -0.2) is 23.3 Å². The fraction of sp³-hybridized carbons (Fsp3) is 0.154. The van der Waals surface area contributed by atoms with E-state index in [4.69, 9.17) is 0 Å². The molecular formula is C26H23N3O2. The van der Waals surface area contributed by atoms with E-state index in [0.29, 0.717) is 18.8 Å². The van der Waals surface area contributed by atoms with Crippen LogP contribution in [0.1, 0.15) is 37.5 Å². The van der Waals surface area contributed by atoms with Crippen LogP contribution in [0.15, 0.2) is 72.8 Å². The number of para-hydroxylation sites is 1. The molecule has 1 aliphatic heterocycles. The molecule has 5 heteroatoms. The minimum absolute atomic E-state index is 0.0242. The first-order chi connectivity index (χ1) is 15.1. The number of aromatic nitrogens is 1. The van der Waals surface area contributed by atoms with Crippen LogP contribution in [0.5, 0.6) is 0 Å². The van der Waals surface area contributed by atoms with Gasteiger partial charge in [0.15, 0.2) is 0 Å². The molecule has 2 N–H and O–H groups in total. The highest BCUT2D eigenvalue weighted by Gasteiger charge is 2.26. The van der Waals surface area contributed by atoms with Gasteiger partial charge in [0.25, 0.3) is 11.8 Å². The van der Waals surface area contributed by atoms with Crippen molar-refractivity contribution in [3.05, 3.63) is 101 Å².